The summed E-state index contributed by atoms with van der Waals surface area (Å²) in [6.45, 7) is 5.70. The minimum Gasteiger partial charge on any atom is -0.245 e. The standard InChI is InChI=1S/C6H7NS/c1-5(2)6-7-3-4-8-6/h3-4H,1H2,2H3. The molecule has 0 aliphatic heterocycles. The van der Waals surface area contributed by atoms with Gasteiger partial charge in [-0.25, -0.2) is 4.98 Å². The van der Waals surface area contributed by atoms with Crippen molar-refractivity contribution in [1.82, 2.24) is 4.98 Å². The zero-order chi connectivity index (χ0) is 5.98. The van der Waals surface area contributed by atoms with Crippen molar-refractivity contribution in [1.29, 1.82) is 0 Å². The van der Waals surface area contributed by atoms with Crippen molar-refractivity contribution in [2.75, 3.05) is 0 Å². The summed E-state index contributed by atoms with van der Waals surface area (Å²) in [6.07, 6.45) is 1.79. The Morgan fingerprint density at radius 2 is 2.62 bits per heavy atom. The molecule has 42 valence electrons. The second-order valence-electron chi connectivity index (χ2n) is 1.62. The SMILES string of the molecule is C=C(C)c1nccs1. The van der Waals surface area contributed by atoms with Gasteiger partial charge in [-0.2, -0.15) is 0 Å². The van der Waals surface area contributed by atoms with Crippen molar-refractivity contribution in [3.05, 3.63) is 23.2 Å². The molecule has 2 heteroatoms. The molecule has 0 aliphatic carbocycles. The third-order valence-electron chi connectivity index (χ3n) is 0.797. The average molecular weight is 125 g/mol. The van der Waals surface area contributed by atoms with E-state index in [0.29, 0.717) is 0 Å². The van der Waals surface area contributed by atoms with Crippen LogP contribution in [0.1, 0.15) is 11.9 Å². The van der Waals surface area contributed by atoms with Crippen LogP contribution in [0.4, 0.5) is 0 Å². The van der Waals surface area contributed by atoms with Gasteiger partial charge < -0.3 is 0 Å². The van der Waals surface area contributed by atoms with Crippen LogP contribution in [0.2, 0.25) is 0 Å². The van der Waals surface area contributed by atoms with Crippen molar-refractivity contribution < 1.29 is 0 Å². The smallest absolute Gasteiger partial charge is 0.118 e. The third kappa shape index (κ3) is 0.954. The predicted octanol–water partition coefficient (Wildman–Crippen LogP) is 2.18. The highest BCUT2D eigenvalue weighted by Crippen LogP contribution is 2.12. The first kappa shape index (κ1) is 5.51. The minimum absolute atomic E-state index is 1.03. The monoisotopic (exact) mass is 125 g/mol. The van der Waals surface area contributed by atoms with Gasteiger partial charge in [-0.1, -0.05) is 6.58 Å². The number of hydrogen-bond acceptors (Lipinski definition) is 2. The molecule has 1 nitrogen and oxygen atoms in total. The van der Waals surface area contributed by atoms with Crippen molar-refractivity contribution in [3.63, 3.8) is 0 Å². The van der Waals surface area contributed by atoms with E-state index >= 15 is 0 Å². The van der Waals surface area contributed by atoms with Crippen molar-refractivity contribution in [2.45, 2.75) is 6.92 Å². The van der Waals surface area contributed by atoms with Gasteiger partial charge in [-0.3, -0.25) is 0 Å². The van der Waals surface area contributed by atoms with Crippen LogP contribution in [0.5, 0.6) is 0 Å². The highest BCUT2D eigenvalue weighted by atomic mass is 32.1. The molecular weight excluding hydrogens is 118 g/mol. The van der Waals surface area contributed by atoms with Gasteiger partial charge >= 0.3 is 0 Å². The van der Waals surface area contributed by atoms with Gasteiger partial charge in [-0.15, -0.1) is 11.3 Å². The van der Waals surface area contributed by atoms with Crippen LogP contribution >= 0.6 is 11.3 Å². The first-order chi connectivity index (χ1) is 3.80. The Labute approximate surface area is 52.7 Å². The molecule has 0 bridgehead atoms. The number of hydrogen-bond donors (Lipinski definition) is 0. The molecule has 1 aromatic heterocycles. The van der Waals surface area contributed by atoms with E-state index in [1.807, 2.05) is 12.3 Å². The van der Waals surface area contributed by atoms with Crippen LogP contribution in [-0.2, 0) is 0 Å². The molecule has 0 saturated carbocycles. The van der Waals surface area contributed by atoms with Gasteiger partial charge in [0, 0.05) is 11.6 Å². The Hall–Kier alpha value is -0.630. The topological polar surface area (TPSA) is 12.9 Å². The Balaban J connectivity index is 2.93. The van der Waals surface area contributed by atoms with E-state index in [2.05, 4.69) is 11.6 Å². The van der Waals surface area contributed by atoms with Crippen LogP contribution in [0, 0.1) is 0 Å². The van der Waals surface area contributed by atoms with Gasteiger partial charge in [0.25, 0.3) is 0 Å². The van der Waals surface area contributed by atoms with E-state index in [0.717, 1.165) is 10.6 Å². The number of nitrogens with zero attached hydrogens (tertiary/aromatic N) is 1. The summed E-state index contributed by atoms with van der Waals surface area (Å²) in [5.74, 6) is 0. The highest BCUT2D eigenvalue weighted by Gasteiger charge is 1.90. The second kappa shape index (κ2) is 2.09. The van der Waals surface area contributed by atoms with Crippen LogP contribution in [0.3, 0.4) is 0 Å². The van der Waals surface area contributed by atoms with Gasteiger partial charge in [0.05, 0.1) is 0 Å². The van der Waals surface area contributed by atoms with E-state index in [1.165, 1.54) is 0 Å². The van der Waals surface area contributed by atoms with Gasteiger partial charge in [0.15, 0.2) is 0 Å². The molecule has 0 aliphatic rings. The normalized spacial score (nSPS) is 9.12. The van der Waals surface area contributed by atoms with Gasteiger partial charge in [-0.05, 0) is 12.5 Å². The molecule has 1 aromatic rings. The second-order valence-corrected chi connectivity index (χ2v) is 2.51. The Morgan fingerprint density at radius 1 is 1.88 bits per heavy atom. The molecule has 0 amide bonds. The molecule has 1 rings (SSSR count). The third-order valence-corrected chi connectivity index (χ3v) is 1.73. The molecule has 0 saturated heterocycles. The number of thiazole rings is 1. The molecule has 0 aromatic carbocycles. The average Bonchev–Trinajstić information content (AvgIpc) is 2.12. The quantitative estimate of drug-likeness (QED) is 0.560. The maximum atomic E-state index is 4.03. The van der Waals surface area contributed by atoms with Crippen LogP contribution in [0.15, 0.2) is 18.2 Å². The highest BCUT2D eigenvalue weighted by molar-refractivity contribution is 7.10. The van der Waals surface area contributed by atoms with Crippen molar-refractivity contribution in [3.8, 4) is 0 Å². The molecule has 0 atom stereocenters. The summed E-state index contributed by atoms with van der Waals surface area (Å²) < 4.78 is 0. The molecule has 8 heavy (non-hydrogen) atoms. The lowest BCUT2D eigenvalue weighted by Crippen LogP contribution is -1.69. The molecule has 0 spiro atoms. The van der Waals surface area contributed by atoms with Gasteiger partial charge in [0.2, 0.25) is 0 Å². The first-order valence-corrected chi connectivity index (χ1v) is 3.24. The summed E-state index contributed by atoms with van der Waals surface area (Å²) >= 11 is 1.62. The number of allylic oxidation sites excluding steroid dienone is 1. The molecule has 0 unspecified atom stereocenters. The lowest BCUT2D eigenvalue weighted by atomic mass is 10.4. The zero-order valence-corrected chi connectivity index (χ0v) is 5.53. The van der Waals surface area contributed by atoms with Gasteiger partial charge in [0.1, 0.15) is 5.01 Å². The van der Waals surface area contributed by atoms with Crippen LogP contribution < -0.4 is 0 Å². The first-order valence-electron chi connectivity index (χ1n) is 2.36. The summed E-state index contributed by atoms with van der Waals surface area (Å²) in [6, 6.07) is 0. The lowest BCUT2D eigenvalue weighted by Gasteiger charge is -1.84. The molecule has 0 radical (unpaired) electrons. The summed E-state index contributed by atoms with van der Waals surface area (Å²) in [4.78, 5) is 4.03. The molecule has 0 N–H and O–H groups in total. The maximum absolute atomic E-state index is 4.03. The van der Waals surface area contributed by atoms with E-state index in [-0.39, 0.29) is 0 Å². The zero-order valence-electron chi connectivity index (χ0n) is 4.72. The fourth-order valence-corrected chi connectivity index (χ4v) is 1.01. The largest absolute Gasteiger partial charge is 0.245 e. The van der Waals surface area contributed by atoms with Crippen molar-refractivity contribution in [2.24, 2.45) is 0 Å². The number of aromatic nitrogens is 1. The van der Waals surface area contributed by atoms with E-state index < -0.39 is 0 Å². The summed E-state index contributed by atoms with van der Waals surface area (Å²) in [7, 11) is 0. The number of rotatable bonds is 1. The fourth-order valence-electron chi connectivity index (χ4n) is 0.434. The van der Waals surface area contributed by atoms with E-state index in [1.54, 1.807) is 17.5 Å². The summed E-state index contributed by atoms with van der Waals surface area (Å²) in [5, 5.41) is 2.98. The van der Waals surface area contributed by atoms with Crippen LogP contribution in [0.25, 0.3) is 5.57 Å². The minimum atomic E-state index is 1.03. The Bertz CT molecular complexity index is 176. The molecule has 0 fully saturated rings. The summed E-state index contributed by atoms with van der Waals surface area (Å²) in [5.41, 5.74) is 1.04. The lowest BCUT2D eigenvalue weighted by molar-refractivity contribution is 1.37. The van der Waals surface area contributed by atoms with Crippen LogP contribution in [-0.4, -0.2) is 4.98 Å². The predicted molar refractivity (Wildman–Crippen MR) is 36.8 cm³/mol. The maximum Gasteiger partial charge on any atom is 0.118 e. The fraction of sp³-hybridized carbons (Fsp3) is 0.167. The molecule has 1 heterocycles. The Morgan fingerprint density at radius 3 is 2.88 bits per heavy atom. The van der Waals surface area contributed by atoms with E-state index in [9.17, 15) is 0 Å². The van der Waals surface area contributed by atoms with E-state index in [4.69, 9.17) is 0 Å². The van der Waals surface area contributed by atoms with Crippen molar-refractivity contribution >= 4 is 16.9 Å². The Kier molecular flexibility index (Phi) is 1.44. The molecular formula is C6H7NS.